The minimum absolute atomic E-state index is 0.00532. The van der Waals surface area contributed by atoms with Crippen molar-refractivity contribution in [3.63, 3.8) is 0 Å². The zero-order chi connectivity index (χ0) is 19.6. The lowest BCUT2D eigenvalue weighted by Crippen LogP contribution is -2.43. The number of sulfonamides is 1. The summed E-state index contributed by atoms with van der Waals surface area (Å²) in [6, 6.07) is 9.10. The summed E-state index contributed by atoms with van der Waals surface area (Å²) in [5.74, 6) is 0.814. The molecular formula is C16H15Cl2N3O5S. The van der Waals surface area contributed by atoms with E-state index in [4.69, 9.17) is 27.9 Å². The first-order chi connectivity index (χ1) is 12.7. The molecule has 0 bridgehead atoms. The number of urea groups is 1. The topological polar surface area (TPSA) is 117 Å². The van der Waals surface area contributed by atoms with Gasteiger partial charge in [-0.3, -0.25) is 0 Å². The number of hydrogen-bond acceptors (Lipinski definition) is 5. The number of hydrogen-bond donors (Lipinski definition) is 4. The first-order valence-corrected chi connectivity index (χ1v) is 9.96. The van der Waals surface area contributed by atoms with Gasteiger partial charge in [0.1, 0.15) is 17.7 Å². The lowest BCUT2D eigenvalue weighted by molar-refractivity contribution is 0.140. The first kappa shape index (κ1) is 19.7. The summed E-state index contributed by atoms with van der Waals surface area (Å²) in [5.41, 5.74) is 0. The largest absolute Gasteiger partial charge is 0.457 e. The molecule has 2 amide bonds. The number of aliphatic hydroxyl groups excluding tert-OH is 1. The highest BCUT2D eigenvalue weighted by Crippen LogP contribution is 2.28. The number of carbonyl (C=O) groups excluding carboxylic acids is 1. The van der Waals surface area contributed by atoms with Crippen LogP contribution in [0.3, 0.4) is 0 Å². The Bertz CT molecular complexity index is 933. The van der Waals surface area contributed by atoms with Crippen molar-refractivity contribution in [1.82, 2.24) is 15.4 Å². The van der Waals surface area contributed by atoms with Crippen molar-refractivity contribution in [2.24, 2.45) is 0 Å². The minimum atomic E-state index is -3.83. The normalized spacial score (nSPS) is 19.4. The number of halogens is 2. The van der Waals surface area contributed by atoms with E-state index in [2.05, 4.69) is 15.4 Å². The summed E-state index contributed by atoms with van der Waals surface area (Å²) >= 11 is 11.8. The van der Waals surface area contributed by atoms with E-state index in [0.717, 1.165) is 0 Å². The van der Waals surface area contributed by atoms with E-state index in [1.807, 2.05) is 0 Å². The molecule has 1 aliphatic rings. The average Bonchev–Trinajstić information content (AvgIpc) is 2.90. The van der Waals surface area contributed by atoms with Gasteiger partial charge in [-0.15, -0.1) is 0 Å². The number of carbonyl (C=O) groups is 1. The van der Waals surface area contributed by atoms with E-state index in [9.17, 15) is 18.3 Å². The molecule has 1 aliphatic heterocycles. The minimum Gasteiger partial charge on any atom is -0.457 e. The molecular weight excluding hydrogens is 417 g/mol. The van der Waals surface area contributed by atoms with E-state index in [1.54, 1.807) is 18.2 Å². The van der Waals surface area contributed by atoms with Crippen LogP contribution in [0.4, 0.5) is 4.79 Å². The maximum Gasteiger partial charge on any atom is 0.317 e. The molecule has 2 atom stereocenters. The standard InChI is InChI=1S/C16H15Cl2N3O5S/c17-9-5-10(18)7-12(6-9)26-11-1-3-13(4-2-11)27(24,25)19-8-14-15(22)21-16(23)20-14/h1-7,14-15,19,22H,8H2,(H2,20,21,23)/t14-,15?/m0/s1. The van der Waals surface area contributed by atoms with Gasteiger partial charge in [0.05, 0.1) is 10.9 Å². The van der Waals surface area contributed by atoms with Crippen molar-refractivity contribution in [2.75, 3.05) is 6.54 Å². The Balaban J connectivity index is 1.65. The molecule has 1 saturated heterocycles. The van der Waals surface area contributed by atoms with Crippen molar-refractivity contribution in [1.29, 1.82) is 0 Å². The molecule has 3 rings (SSSR count). The monoisotopic (exact) mass is 431 g/mol. The van der Waals surface area contributed by atoms with Gasteiger partial charge in [-0.05, 0) is 42.5 Å². The van der Waals surface area contributed by atoms with Gasteiger partial charge < -0.3 is 20.5 Å². The number of amides is 2. The van der Waals surface area contributed by atoms with Crippen LogP contribution in [-0.2, 0) is 10.0 Å². The second-order valence-electron chi connectivity index (χ2n) is 5.70. The molecule has 27 heavy (non-hydrogen) atoms. The van der Waals surface area contributed by atoms with E-state index < -0.39 is 28.3 Å². The van der Waals surface area contributed by atoms with E-state index >= 15 is 0 Å². The van der Waals surface area contributed by atoms with Crippen LogP contribution in [-0.4, -0.2) is 38.4 Å². The summed E-state index contributed by atoms with van der Waals surface area (Å²) in [4.78, 5) is 11.1. The van der Waals surface area contributed by atoms with Crippen molar-refractivity contribution in [3.8, 4) is 11.5 Å². The molecule has 2 aromatic carbocycles. The summed E-state index contributed by atoms with van der Waals surface area (Å²) in [6.45, 7) is -0.165. The summed E-state index contributed by atoms with van der Waals surface area (Å²) in [7, 11) is -3.83. The third-order valence-corrected chi connectivity index (χ3v) is 5.55. The van der Waals surface area contributed by atoms with Gasteiger partial charge in [-0.25, -0.2) is 17.9 Å². The third kappa shape index (κ3) is 5.02. The predicted octanol–water partition coefficient (Wildman–Crippen LogP) is 2.06. The Morgan fingerprint density at radius 3 is 2.22 bits per heavy atom. The quantitative estimate of drug-likeness (QED) is 0.558. The van der Waals surface area contributed by atoms with Gasteiger partial charge in [0.2, 0.25) is 10.0 Å². The Morgan fingerprint density at radius 2 is 1.67 bits per heavy atom. The van der Waals surface area contributed by atoms with Crippen LogP contribution < -0.4 is 20.1 Å². The van der Waals surface area contributed by atoms with Gasteiger partial charge in [-0.2, -0.15) is 0 Å². The van der Waals surface area contributed by atoms with Gasteiger partial charge >= 0.3 is 6.03 Å². The molecule has 2 aromatic rings. The fraction of sp³-hybridized carbons (Fsp3) is 0.188. The Hall–Kier alpha value is -2.04. The highest BCUT2D eigenvalue weighted by atomic mass is 35.5. The maximum absolute atomic E-state index is 12.3. The second kappa shape index (κ2) is 7.91. The van der Waals surface area contributed by atoms with E-state index in [0.29, 0.717) is 21.5 Å². The molecule has 11 heteroatoms. The Morgan fingerprint density at radius 1 is 1.04 bits per heavy atom. The zero-order valence-corrected chi connectivity index (χ0v) is 16.0. The molecule has 144 valence electrons. The van der Waals surface area contributed by atoms with Gasteiger partial charge in [-0.1, -0.05) is 23.2 Å². The van der Waals surface area contributed by atoms with Gasteiger partial charge in [0, 0.05) is 16.6 Å². The molecule has 0 aliphatic carbocycles. The van der Waals surface area contributed by atoms with E-state index in [1.165, 1.54) is 24.3 Å². The molecule has 0 aromatic heterocycles. The van der Waals surface area contributed by atoms with Crippen LogP contribution in [0.2, 0.25) is 10.0 Å². The predicted molar refractivity (Wildman–Crippen MR) is 99.6 cm³/mol. The van der Waals surface area contributed by atoms with Crippen LogP contribution in [0.15, 0.2) is 47.4 Å². The molecule has 0 saturated carbocycles. The summed E-state index contributed by atoms with van der Waals surface area (Å²) in [5, 5.41) is 15.0. The molecule has 1 fully saturated rings. The average molecular weight is 432 g/mol. The van der Waals surface area contributed by atoms with Gasteiger partial charge in [0.25, 0.3) is 0 Å². The SMILES string of the molecule is O=C1NC(O)[C@H](CNS(=O)(=O)c2ccc(Oc3cc(Cl)cc(Cl)c3)cc2)N1. The van der Waals surface area contributed by atoms with Crippen molar-refractivity contribution >= 4 is 39.3 Å². The van der Waals surface area contributed by atoms with Crippen LogP contribution in [0.25, 0.3) is 0 Å². The van der Waals surface area contributed by atoms with Crippen molar-refractivity contribution in [3.05, 3.63) is 52.5 Å². The number of ether oxygens (including phenoxy) is 1. The summed E-state index contributed by atoms with van der Waals surface area (Å²) < 4.78 is 32.6. The number of rotatable bonds is 6. The fourth-order valence-electron chi connectivity index (χ4n) is 2.38. The molecule has 0 spiro atoms. The molecule has 4 N–H and O–H groups in total. The van der Waals surface area contributed by atoms with Crippen molar-refractivity contribution < 1.29 is 23.1 Å². The van der Waals surface area contributed by atoms with E-state index in [-0.39, 0.29) is 11.4 Å². The maximum atomic E-state index is 12.3. The van der Waals surface area contributed by atoms with Crippen molar-refractivity contribution in [2.45, 2.75) is 17.2 Å². The van der Waals surface area contributed by atoms with Crippen LogP contribution in [0, 0.1) is 0 Å². The molecule has 0 radical (unpaired) electrons. The number of nitrogens with one attached hydrogen (secondary N) is 3. The Labute approximate surface area is 165 Å². The van der Waals surface area contributed by atoms with Crippen LogP contribution >= 0.6 is 23.2 Å². The highest BCUT2D eigenvalue weighted by Gasteiger charge is 2.30. The fourth-order valence-corrected chi connectivity index (χ4v) is 3.95. The van der Waals surface area contributed by atoms with Crippen LogP contribution in [0.5, 0.6) is 11.5 Å². The zero-order valence-electron chi connectivity index (χ0n) is 13.6. The number of aliphatic hydroxyl groups is 1. The molecule has 1 heterocycles. The number of benzene rings is 2. The summed E-state index contributed by atoms with van der Waals surface area (Å²) in [6.07, 6.45) is -1.17. The van der Waals surface area contributed by atoms with Gasteiger partial charge in [0.15, 0.2) is 0 Å². The molecule has 1 unspecified atom stereocenters. The first-order valence-electron chi connectivity index (χ1n) is 7.72. The third-order valence-electron chi connectivity index (χ3n) is 3.68. The highest BCUT2D eigenvalue weighted by molar-refractivity contribution is 7.89. The smallest absolute Gasteiger partial charge is 0.317 e. The lowest BCUT2D eigenvalue weighted by atomic mass is 10.3. The second-order valence-corrected chi connectivity index (χ2v) is 8.34. The van der Waals surface area contributed by atoms with Crippen LogP contribution in [0.1, 0.15) is 0 Å². The molecule has 8 nitrogen and oxygen atoms in total. The lowest BCUT2D eigenvalue weighted by Gasteiger charge is -2.14. The Kier molecular flexibility index (Phi) is 5.78.